The molecule has 0 spiro atoms. The van der Waals surface area contributed by atoms with Gasteiger partial charge in [0.2, 0.25) is 5.91 Å². The molecule has 2 aliphatic heterocycles. The van der Waals surface area contributed by atoms with Gasteiger partial charge in [-0.25, -0.2) is 9.78 Å². The molecule has 1 atom stereocenters. The second-order valence-electron chi connectivity index (χ2n) is 8.92. The molecule has 9 nitrogen and oxygen atoms in total. The fraction of sp³-hybridized carbons (Fsp3) is 0.542. The molecule has 35 heavy (non-hydrogen) atoms. The Balaban J connectivity index is 0.00000289. The van der Waals surface area contributed by atoms with E-state index in [2.05, 4.69) is 27.7 Å². The van der Waals surface area contributed by atoms with Crippen LogP contribution in [-0.4, -0.2) is 80.5 Å². The van der Waals surface area contributed by atoms with Crippen molar-refractivity contribution < 1.29 is 19.1 Å². The van der Waals surface area contributed by atoms with Crippen LogP contribution in [0.4, 0.5) is 15.6 Å². The second kappa shape index (κ2) is 11.7. The van der Waals surface area contributed by atoms with Crippen molar-refractivity contribution in [2.24, 2.45) is 0 Å². The van der Waals surface area contributed by atoms with Crippen LogP contribution in [-0.2, 0) is 27.1 Å². The molecule has 0 bridgehead atoms. The van der Waals surface area contributed by atoms with Crippen LogP contribution in [0.2, 0.25) is 0 Å². The molecule has 11 heteroatoms. The number of hydrogen-bond donors (Lipinski definition) is 2. The van der Waals surface area contributed by atoms with Crippen molar-refractivity contribution in [3.63, 3.8) is 0 Å². The number of morpholine rings is 1. The number of aromatic nitrogens is 1. The van der Waals surface area contributed by atoms with Gasteiger partial charge in [0, 0.05) is 49.2 Å². The minimum atomic E-state index is -0.370. The summed E-state index contributed by atoms with van der Waals surface area (Å²) in [4.78, 5) is 34.0. The Bertz CT molecular complexity index is 1060. The summed E-state index contributed by atoms with van der Waals surface area (Å²) >= 11 is 1.75. The van der Waals surface area contributed by atoms with E-state index in [1.807, 2.05) is 6.07 Å². The third kappa shape index (κ3) is 6.14. The molecule has 3 heterocycles. The third-order valence-electron chi connectivity index (χ3n) is 6.46. The van der Waals surface area contributed by atoms with Crippen molar-refractivity contribution in [1.82, 2.24) is 15.2 Å². The second-order valence-corrected chi connectivity index (χ2v) is 10.0. The zero-order chi connectivity index (χ0) is 23.5. The Morgan fingerprint density at radius 2 is 2.09 bits per heavy atom. The summed E-state index contributed by atoms with van der Waals surface area (Å²) in [6, 6.07) is 6.15. The number of nitrogens with one attached hydrogen (secondary N) is 2. The number of nitrogens with zero attached hydrogens (tertiary/aromatic N) is 3. The first-order valence-electron chi connectivity index (χ1n) is 12.0. The summed E-state index contributed by atoms with van der Waals surface area (Å²) in [6.07, 6.45) is 2.29. The molecule has 0 radical (unpaired) electrons. The van der Waals surface area contributed by atoms with Crippen LogP contribution in [0.25, 0.3) is 11.3 Å². The highest BCUT2D eigenvalue weighted by atomic mass is 79.9. The molecule has 2 fully saturated rings. The molecule has 1 aromatic heterocycles. The Kier molecular flexibility index (Phi) is 8.64. The molecule has 2 N–H and O–H groups in total. The normalized spacial score (nSPS) is 19.7. The van der Waals surface area contributed by atoms with E-state index >= 15 is 0 Å². The van der Waals surface area contributed by atoms with Gasteiger partial charge in [0.05, 0.1) is 32.0 Å². The number of fused-ring (bicyclic) bond motifs is 3. The molecule has 2 saturated heterocycles. The fourth-order valence-corrected chi connectivity index (χ4v) is 5.72. The monoisotopic (exact) mass is 565 g/mol. The third-order valence-corrected chi connectivity index (χ3v) is 7.54. The topological polar surface area (TPSA) is 96.0 Å². The number of ether oxygens (including phenoxy) is 2. The van der Waals surface area contributed by atoms with Gasteiger partial charge in [-0.05, 0) is 37.0 Å². The highest BCUT2D eigenvalue weighted by molar-refractivity contribution is 8.93. The van der Waals surface area contributed by atoms with Gasteiger partial charge in [-0.1, -0.05) is 6.07 Å². The largest absolute Gasteiger partial charge is 0.442 e. The van der Waals surface area contributed by atoms with E-state index in [1.165, 1.54) is 17.4 Å². The number of halogens is 1. The first-order chi connectivity index (χ1) is 16.6. The summed E-state index contributed by atoms with van der Waals surface area (Å²) < 4.78 is 10.9. The smallest absolute Gasteiger partial charge is 0.414 e. The van der Waals surface area contributed by atoms with Crippen LogP contribution in [0.3, 0.4) is 0 Å². The van der Waals surface area contributed by atoms with Gasteiger partial charge in [-0.2, -0.15) is 0 Å². The standard InChI is InChI=1S/C24H31N5O4S.BrH/c1-16(30)26-14-19-15-29(24(31)33-19)18-5-6-20-17(13-18)3-2-4-21-22(20)27-23(34-21)25-7-8-28-9-11-32-12-10-28;/h5-6,13,19H,2-4,7-12,14-15H2,1H3,(H,25,27)(H,26,30);1H/t19-;/m0./s1. The number of cyclic esters (lactones) is 1. The van der Waals surface area contributed by atoms with Gasteiger partial charge in [-0.3, -0.25) is 14.6 Å². The van der Waals surface area contributed by atoms with Crippen LogP contribution in [0.5, 0.6) is 0 Å². The number of amides is 2. The molecule has 3 aliphatic rings. The molecule has 190 valence electrons. The van der Waals surface area contributed by atoms with Gasteiger partial charge in [0.1, 0.15) is 6.10 Å². The molecule has 5 rings (SSSR count). The van der Waals surface area contributed by atoms with Crippen LogP contribution in [0, 0.1) is 0 Å². The lowest BCUT2D eigenvalue weighted by atomic mass is 10.0. The van der Waals surface area contributed by atoms with E-state index in [4.69, 9.17) is 14.5 Å². The summed E-state index contributed by atoms with van der Waals surface area (Å²) in [5.41, 5.74) is 4.25. The molecule has 1 aliphatic carbocycles. The number of rotatable bonds is 7. The Morgan fingerprint density at radius 1 is 1.26 bits per heavy atom. The van der Waals surface area contributed by atoms with Crippen molar-refractivity contribution in [2.75, 3.05) is 62.7 Å². The van der Waals surface area contributed by atoms with Gasteiger partial charge in [0.15, 0.2) is 5.13 Å². The van der Waals surface area contributed by atoms with E-state index in [9.17, 15) is 9.59 Å². The number of carbonyl (C=O) groups is 2. The van der Waals surface area contributed by atoms with Crippen molar-refractivity contribution in [3.05, 3.63) is 28.6 Å². The molecular weight excluding hydrogens is 534 g/mol. The van der Waals surface area contributed by atoms with E-state index in [0.29, 0.717) is 13.1 Å². The first kappa shape index (κ1) is 25.9. The summed E-state index contributed by atoms with van der Waals surface area (Å²) in [5, 5.41) is 7.20. The van der Waals surface area contributed by atoms with E-state index < -0.39 is 0 Å². The average Bonchev–Trinajstić information content (AvgIpc) is 3.37. The average molecular weight is 567 g/mol. The van der Waals surface area contributed by atoms with Crippen molar-refractivity contribution in [1.29, 1.82) is 0 Å². The maximum Gasteiger partial charge on any atom is 0.414 e. The number of aryl methyl sites for hydroxylation is 2. The predicted octanol–water partition coefficient (Wildman–Crippen LogP) is 3.08. The fourth-order valence-electron chi connectivity index (χ4n) is 4.67. The highest BCUT2D eigenvalue weighted by Crippen LogP contribution is 2.39. The zero-order valence-electron chi connectivity index (χ0n) is 19.9. The highest BCUT2D eigenvalue weighted by Gasteiger charge is 2.33. The summed E-state index contributed by atoms with van der Waals surface area (Å²) in [6.45, 7) is 7.68. The van der Waals surface area contributed by atoms with Crippen LogP contribution < -0.4 is 15.5 Å². The summed E-state index contributed by atoms with van der Waals surface area (Å²) in [5.74, 6) is -0.131. The van der Waals surface area contributed by atoms with Crippen molar-refractivity contribution in [3.8, 4) is 11.3 Å². The molecular formula is C24H32BrN5O4S. The van der Waals surface area contributed by atoms with Gasteiger partial charge >= 0.3 is 6.09 Å². The lowest BCUT2D eigenvalue weighted by molar-refractivity contribution is -0.119. The van der Waals surface area contributed by atoms with Crippen molar-refractivity contribution in [2.45, 2.75) is 32.3 Å². The number of carbonyl (C=O) groups excluding carboxylic acids is 2. The quantitative estimate of drug-likeness (QED) is 0.532. The van der Waals surface area contributed by atoms with Gasteiger partial charge in [0.25, 0.3) is 0 Å². The number of hydrogen-bond acceptors (Lipinski definition) is 8. The van der Waals surface area contributed by atoms with Crippen LogP contribution in [0.15, 0.2) is 18.2 Å². The van der Waals surface area contributed by atoms with E-state index in [0.717, 1.165) is 80.7 Å². The molecule has 2 amide bonds. The maximum atomic E-state index is 12.4. The molecule has 2 aromatic rings. The minimum absolute atomic E-state index is 0. The van der Waals surface area contributed by atoms with Crippen LogP contribution >= 0.6 is 28.3 Å². The first-order valence-corrected chi connectivity index (χ1v) is 12.8. The number of benzene rings is 1. The molecule has 1 aromatic carbocycles. The Labute approximate surface area is 219 Å². The maximum absolute atomic E-state index is 12.4. The molecule has 0 saturated carbocycles. The van der Waals surface area contributed by atoms with E-state index in [1.54, 1.807) is 16.2 Å². The molecule has 0 unspecified atom stereocenters. The Hall–Kier alpha value is -2.21. The zero-order valence-corrected chi connectivity index (χ0v) is 22.4. The Morgan fingerprint density at radius 3 is 2.89 bits per heavy atom. The SMILES string of the molecule is Br.CC(=O)NC[C@H]1CN(c2ccc3c(c2)CCCc2sc(NCCN4CCOCC4)nc2-3)C(=O)O1. The van der Waals surface area contributed by atoms with Crippen molar-refractivity contribution >= 4 is 51.1 Å². The lowest BCUT2D eigenvalue weighted by Gasteiger charge is -2.26. The van der Waals surface area contributed by atoms with E-state index in [-0.39, 0.29) is 35.1 Å². The van der Waals surface area contributed by atoms with Crippen LogP contribution in [0.1, 0.15) is 23.8 Å². The number of anilines is 2. The van der Waals surface area contributed by atoms with Gasteiger partial charge in [-0.15, -0.1) is 28.3 Å². The summed E-state index contributed by atoms with van der Waals surface area (Å²) in [7, 11) is 0. The lowest BCUT2D eigenvalue weighted by Crippen LogP contribution is -2.38. The minimum Gasteiger partial charge on any atom is -0.442 e. The predicted molar refractivity (Wildman–Crippen MR) is 142 cm³/mol. The number of thiazole rings is 1. The van der Waals surface area contributed by atoms with Gasteiger partial charge < -0.3 is 20.1 Å².